The number of halogens is 2. The molecule has 0 unspecified atom stereocenters. The minimum atomic E-state index is 0.645. The van der Waals surface area contributed by atoms with Gasteiger partial charge in [-0.05, 0) is 11.6 Å². The minimum Gasteiger partial charge on any atom is -0.184 e. The fraction of sp³-hybridized carbons (Fsp3) is 0.0833. The third kappa shape index (κ3) is 2.71. The van der Waals surface area contributed by atoms with Crippen LogP contribution in [0.1, 0.15) is 5.56 Å². The smallest absolute Gasteiger partial charge is 0.184 e. The van der Waals surface area contributed by atoms with Crippen molar-refractivity contribution < 1.29 is 4.57 Å². The van der Waals surface area contributed by atoms with Crippen LogP contribution in [0.5, 0.6) is 0 Å². The molecule has 1 heterocycles. The third-order valence-electron chi connectivity index (χ3n) is 2.14. The molecule has 15 heavy (non-hydrogen) atoms. The van der Waals surface area contributed by atoms with Crippen molar-refractivity contribution in [3.05, 3.63) is 64.4 Å². The topological polar surface area (TPSA) is 3.88 Å². The van der Waals surface area contributed by atoms with Crippen LogP contribution in [0, 0.1) is 0 Å². The average Bonchev–Trinajstić information content (AvgIpc) is 2.24. The highest BCUT2D eigenvalue weighted by molar-refractivity contribution is 6.33. The predicted octanol–water partition coefficient (Wildman–Crippen LogP) is 3.33. The number of aromatic nitrogens is 1. The Morgan fingerprint density at radius 3 is 2.40 bits per heavy atom. The maximum absolute atomic E-state index is 6.06. The summed E-state index contributed by atoms with van der Waals surface area (Å²) in [5.74, 6) is 0. The Morgan fingerprint density at radius 2 is 1.73 bits per heavy atom. The first-order chi connectivity index (χ1) is 7.25. The van der Waals surface area contributed by atoms with Gasteiger partial charge in [-0.2, -0.15) is 4.57 Å². The van der Waals surface area contributed by atoms with Crippen LogP contribution >= 0.6 is 23.2 Å². The fourth-order valence-electron chi connectivity index (χ4n) is 1.39. The lowest BCUT2D eigenvalue weighted by Crippen LogP contribution is -2.34. The Hall–Kier alpha value is -1.05. The molecule has 0 saturated heterocycles. The van der Waals surface area contributed by atoms with Gasteiger partial charge in [0.05, 0.1) is 5.02 Å². The van der Waals surface area contributed by atoms with E-state index in [1.54, 1.807) is 6.07 Å². The second-order valence-electron chi connectivity index (χ2n) is 3.28. The summed E-state index contributed by atoms with van der Waals surface area (Å²) < 4.78 is 1.95. The maximum atomic E-state index is 6.06. The number of nitrogens with zero attached hydrogens (tertiary/aromatic N) is 1. The molecule has 0 aliphatic rings. The highest BCUT2D eigenvalue weighted by atomic mass is 35.5. The van der Waals surface area contributed by atoms with Crippen molar-refractivity contribution in [2.24, 2.45) is 0 Å². The molecule has 3 heteroatoms. The highest BCUT2D eigenvalue weighted by Gasteiger charge is 2.08. The minimum absolute atomic E-state index is 0.645. The van der Waals surface area contributed by atoms with Crippen LogP contribution in [0.4, 0.5) is 0 Å². The summed E-state index contributed by atoms with van der Waals surface area (Å²) in [6, 6.07) is 13.7. The van der Waals surface area contributed by atoms with E-state index >= 15 is 0 Å². The Morgan fingerprint density at radius 1 is 1.00 bits per heavy atom. The van der Waals surface area contributed by atoms with Gasteiger partial charge in [0, 0.05) is 17.7 Å². The van der Waals surface area contributed by atoms with Crippen LogP contribution in [-0.4, -0.2) is 0 Å². The average molecular weight is 239 g/mol. The van der Waals surface area contributed by atoms with Gasteiger partial charge in [0.15, 0.2) is 12.7 Å². The molecule has 2 rings (SSSR count). The number of benzene rings is 1. The SMILES string of the molecule is Clc1cc[n+](Cc2ccccc2)c(Cl)c1. The van der Waals surface area contributed by atoms with Crippen LogP contribution in [0.15, 0.2) is 48.7 Å². The zero-order chi connectivity index (χ0) is 10.7. The molecule has 0 radical (unpaired) electrons. The Bertz CT molecular complexity index is 454. The van der Waals surface area contributed by atoms with Crippen LogP contribution in [-0.2, 0) is 6.54 Å². The van der Waals surface area contributed by atoms with Gasteiger partial charge in [-0.1, -0.05) is 41.9 Å². The molecular formula is C12H10Cl2N+. The number of hydrogen-bond acceptors (Lipinski definition) is 0. The highest BCUT2D eigenvalue weighted by Crippen LogP contribution is 2.11. The number of hydrogen-bond donors (Lipinski definition) is 0. The van der Waals surface area contributed by atoms with Gasteiger partial charge in [-0.15, -0.1) is 0 Å². The normalized spacial score (nSPS) is 10.3. The van der Waals surface area contributed by atoms with Crippen molar-refractivity contribution in [1.29, 1.82) is 0 Å². The molecule has 0 aliphatic heterocycles. The molecule has 0 aliphatic carbocycles. The van der Waals surface area contributed by atoms with Gasteiger partial charge in [-0.3, -0.25) is 0 Å². The summed E-state index contributed by atoms with van der Waals surface area (Å²) in [4.78, 5) is 0. The molecular weight excluding hydrogens is 229 g/mol. The largest absolute Gasteiger partial charge is 0.276 e. The molecule has 0 bridgehead atoms. The monoisotopic (exact) mass is 238 g/mol. The second kappa shape index (κ2) is 4.65. The Labute approximate surface area is 98.9 Å². The van der Waals surface area contributed by atoms with Crippen LogP contribution in [0.3, 0.4) is 0 Å². The van der Waals surface area contributed by atoms with Gasteiger partial charge in [0.25, 0.3) is 5.15 Å². The first-order valence-electron chi connectivity index (χ1n) is 4.64. The van der Waals surface area contributed by atoms with E-state index in [9.17, 15) is 0 Å². The summed E-state index contributed by atoms with van der Waals surface area (Å²) >= 11 is 11.9. The second-order valence-corrected chi connectivity index (χ2v) is 4.10. The van der Waals surface area contributed by atoms with E-state index in [0.717, 1.165) is 6.54 Å². The van der Waals surface area contributed by atoms with Crippen molar-refractivity contribution in [2.45, 2.75) is 6.54 Å². The Kier molecular flexibility index (Phi) is 3.24. The molecule has 1 aromatic heterocycles. The van der Waals surface area contributed by atoms with E-state index in [4.69, 9.17) is 23.2 Å². The van der Waals surface area contributed by atoms with E-state index in [-0.39, 0.29) is 0 Å². The van der Waals surface area contributed by atoms with E-state index in [0.29, 0.717) is 10.2 Å². The van der Waals surface area contributed by atoms with Gasteiger partial charge >= 0.3 is 0 Å². The van der Waals surface area contributed by atoms with Crippen molar-refractivity contribution in [1.82, 2.24) is 0 Å². The zero-order valence-electron chi connectivity index (χ0n) is 8.03. The van der Waals surface area contributed by atoms with Crippen molar-refractivity contribution in [3.63, 3.8) is 0 Å². The van der Waals surface area contributed by atoms with Crippen molar-refractivity contribution >= 4 is 23.2 Å². The molecule has 0 saturated carbocycles. The summed E-state index contributed by atoms with van der Waals surface area (Å²) in [6.45, 7) is 0.761. The lowest BCUT2D eigenvalue weighted by Gasteiger charge is -1.99. The number of rotatable bonds is 2. The summed E-state index contributed by atoms with van der Waals surface area (Å²) in [7, 11) is 0. The van der Waals surface area contributed by atoms with Gasteiger partial charge in [-0.25, -0.2) is 0 Å². The van der Waals surface area contributed by atoms with Crippen molar-refractivity contribution in [3.8, 4) is 0 Å². The molecule has 0 amide bonds. The van der Waals surface area contributed by atoms with E-state index in [1.165, 1.54) is 5.56 Å². The molecule has 0 atom stereocenters. The molecule has 1 aromatic carbocycles. The van der Waals surface area contributed by atoms with Gasteiger partial charge in [0.1, 0.15) is 0 Å². The molecule has 1 nitrogen and oxygen atoms in total. The van der Waals surface area contributed by atoms with Crippen LogP contribution in [0.25, 0.3) is 0 Å². The zero-order valence-corrected chi connectivity index (χ0v) is 9.54. The maximum Gasteiger partial charge on any atom is 0.276 e. The Balaban J connectivity index is 2.25. The van der Waals surface area contributed by atoms with Crippen LogP contribution in [0.2, 0.25) is 10.2 Å². The number of pyridine rings is 1. The van der Waals surface area contributed by atoms with E-state index in [2.05, 4.69) is 12.1 Å². The molecule has 76 valence electrons. The lowest BCUT2D eigenvalue weighted by atomic mass is 10.2. The summed E-state index contributed by atoms with van der Waals surface area (Å²) in [6.07, 6.45) is 1.89. The van der Waals surface area contributed by atoms with E-state index in [1.807, 2.05) is 35.0 Å². The molecule has 0 fully saturated rings. The van der Waals surface area contributed by atoms with Gasteiger partial charge in [0.2, 0.25) is 0 Å². The quantitative estimate of drug-likeness (QED) is 0.559. The van der Waals surface area contributed by atoms with Crippen molar-refractivity contribution in [2.75, 3.05) is 0 Å². The van der Waals surface area contributed by atoms with E-state index < -0.39 is 0 Å². The first-order valence-corrected chi connectivity index (χ1v) is 5.40. The van der Waals surface area contributed by atoms with Gasteiger partial charge < -0.3 is 0 Å². The predicted molar refractivity (Wildman–Crippen MR) is 62.2 cm³/mol. The molecule has 0 N–H and O–H groups in total. The lowest BCUT2D eigenvalue weighted by molar-refractivity contribution is -0.686. The molecule has 0 spiro atoms. The first kappa shape index (κ1) is 10.5. The molecule has 2 aromatic rings. The summed E-state index contributed by atoms with van der Waals surface area (Å²) in [5, 5.41) is 1.30. The third-order valence-corrected chi connectivity index (χ3v) is 2.70. The fourth-order valence-corrected chi connectivity index (χ4v) is 1.83. The van der Waals surface area contributed by atoms with Crippen LogP contribution < -0.4 is 4.57 Å². The summed E-state index contributed by atoms with van der Waals surface area (Å²) in [5.41, 5.74) is 1.21. The standard InChI is InChI=1S/C12H10Cl2N/c13-11-6-7-15(12(14)8-11)9-10-4-2-1-3-5-10/h1-8H,9H2/q+1.